The van der Waals surface area contributed by atoms with Gasteiger partial charge in [-0.1, -0.05) is 37.3 Å². The van der Waals surface area contributed by atoms with Gasteiger partial charge in [-0.05, 0) is 41.8 Å². The van der Waals surface area contributed by atoms with Gasteiger partial charge in [-0.3, -0.25) is 9.27 Å². The number of nitrogens with one attached hydrogen (secondary N) is 3. The fourth-order valence-electron chi connectivity index (χ4n) is 3.64. The fourth-order valence-corrected chi connectivity index (χ4v) is 4.96. The molecule has 0 radical (unpaired) electrons. The smallest absolute Gasteiger partial charge is 0.259 e. The number of aliphatic hydroxyl groups is 1. The lowest BCUT2D eigenvalue weighted by Crippen LogP contribution is -2.24. The number of benzene rings is 1. The van der Waals surface area contributed by atoms with Gasteiger partial charge in [-0.15, -0.1) is 11.3 Å². The molecule has 0 fully saturated rings. The van der Waals surface area contributed by atoms with E-state index >= 15 is 0 Å². The third-order valence-electron chi connectivity index (χ3n) is 5.52. The summed E-state index contributed by atoms with van der Waals surface area (Å²) in [5.41, 5.74) is 3.64. The molecule has 4 aromatic rings. The summed E-state index contributed by atoms with van der Waals surface area (Å²) >= 11 is -0.663. The fraction of sp³-hybridized carbons (Fsp3) is 0.348. The number of aromatic nitrogens is 4. The molecule has 1 unspecified atom stereocenters. The van der Waals surface area contributed by atoms with Crippen LogP contribution in [0.25, 0.3) is 11.2 Å². The average Bonchev–Trinajstić information content (AvgIpc) is 3.48. The predicted molar refractivity (Wildman–Crippen MR) is 141 cm³/mol. The molecule has 0 bridgehead atoms. The number of hydrogen-bond donors (Lipinski definition) is 5. The molecule has 12 heteroatoms. The molecule has 0 aliphatic carbocycles. The van der Waals surface area contributed by atoms with Crippen LogP contribution in [0.1, 0.15) is 30.9 Å². The molecule has 35 heavy (non-hydrogen) atoms. The average molecular weight is 516 g/mol. The van der Waals surface area contributed by atoms with Gasteiger partial charge >= 0.3 is 0 Å². The number of anilines is 3. The first kappa shape index (κ1) is 25.0. The number of hydrogen-bond acceptors (Lipinski definition) is 8. The molecule has 0 amide bonds. The minimum Gasteiger partial charge on any atom is -0.394 e. The summed E-state index contributed by atoms with van der Waals surface area (Å²) in [6.45, 7) is 3.29. The molecule has 0 spiro atoms. The van der Waals surface area contributed by atoms with E-state index in [1.165, 1.54) is 11.3 Å². The number of aryl methyl sites for hydroxylation is 2. The number of nitrogens with zero attached hydrogens (tertiary/aromatic N) is 4. The molecule has 3 aromatic heterocycles. The predicted octanol–water partition coefficient (Wildman–Crippen LogP) is 3.86. The Morgan fingerprint density at radius 2 is 2.03 bits per heavy atom. The quantitative estimate of drug-likeness (QED) is 0.169. The van der Waals surface area contributed by atoms with Crippen molar-refractivity contribution in [1.29, 1.82) is 0 Å². The van der Waals surface area contributed by atoms with E-state index in [4.69, 9.17) is 9.54 Å². The highest BCUT2D eigenvalue weighted by atomic mass is 32.2. The molecule has 10 nitrogen and oxygen atoms in total. The summed E-state index contributed by atoms with van der Waals surface area (Å²) in [6, 6.07) is 11.8. The lowest BCUT2D eigenvalue weighted by atomic mass is 10.2. The summed E-state index contributed by atoms with van der Waals surface area (Å²) in [4.78, 5) is 13.9. The maximum atomic E-state index is 10.9. The molecule has 5 N–H and O–H groups in total. The molecule has 2 atom stereocenters. The molecule has 0 saturated heterocycles. The molecule has 0 saturated carbocycles. The monoisotopic (exact) mass is 515 g/mol. The van der Waals surface area contributed by atoms with E-state index in [1.807, 2.05) is 53.3 Å². The van der Waals surface area contributed by atoms with Crippen molar-refractivity contribution in [1.82, 2.24) is 19.5 Å². The SMILES string of the molecule is CC[C@H](CO)Nc1nc(NCc2ccccc2)c2ncn(CCCc3csc(NS(=O)O)c3)c2n1. The highest BCUT2D eigenvalue weighted by Crippen LogP contribution is 2.24. The molecule has 0 aliphatic rings. The van der Waals surface area contributed by atoms with Gasteiger partial charge in [0.05, 0.1) is 19.0 Å². The van der Waals surface area contributed by atoms with Crippen LogP contribution in [0, 0.1) is 0 Å². The van der Waals surface area contributed by atoms with Crippen LogP contribution in [-0.4, -0.2) is 46.0 Å². The first-order valence-corrected chi connectivity index (χ1v) is 13.4. The van der Waals surface area contributed by atoms with Gasteiger partial charge in [-0.25, -0.2) is 9.19 Å². The van der Waals surface area contributed by atoms with Crippen molar-refractivity contribution in [3.05, 3.63) is 59.2 Å². The highest BCUT2D eigenvalue weighted by Gasteiger charge is 2.15. The Morgan fingerprint density at radius 3 is 2.77 bits per heavy atom. The van der Waals surface area contributed by atoms with Gasteiger partial charge in [0.25, 0.3) is 11.3 Å². The van der Waals surface area contributed by atoms with E-state index < -0.39 is 11.3 Å². The Morgan fingerprint density at radius 1 is 1.20 bits per heavy atom. The topological polar surface area (TPSA) is 137 Å². The van der Waals surface area contributed by atoms with Gasteiger partial charge < -0.3 is 20.3 Å². The second-order valence-electron chi connectivity index (χ2n) is 8.05. The van der Waals surface area contributed by atoms with Crippen molar-refractivity contribution in [3.8, 4) is 0 Å². The molecule has 1 aromatic carbocycles. The van der Waals surface area contributed by atoms with E-state index in [9.17, 15) is 9.32 Å². The van der Waals surface area contributed by atoms with E-state index in [-0.39, 0.29) is 12.6 Å². The standard InChI is InChI=1S/C23H29N7O3S2/c1-2-18(13-31)26-23-27-21(24-12-16-7-4-3-5-8-16)20-22(28-23)30(15-25-20)10-6-9-17-11-19(34-14-17)29-35(32)33/h3-5,7-8,11,14-15,18,29,31H,2,6,9-10,12-13H2,1H3,(H,32,33)(H2,24,26,27,28)/t18-/m1/s1. The molecule has 4 rings (SSSR count). The first-order chi connectivity index (χ1) is 17.1. The van der Waals surface area contributed by atoms with Crippen LogP contribution in [0.3, 0.4) is 0 Å². The third-order valence-corrected chi connectivity index (χ3v) is 6.94. The van der Waals surface area contributed by atoms with Gasteiger partial charge in [0, 0.05) is 13.1 Å². The molecule has 3 heterocycles. The zero-order chi connectivity index (χ0) is 24.6. The number of fused-ring (bicyclic) bond motifs is 1. The molecular weight excluding hydrogens is 486 g/mol. The summed E-state index contributed by atoms with van der Waals surface area (Å²) in [6.07, 6.45) is 4.17. The number of rotatable bonds is 13. The van der Waals surface area contributed by atoms with Crippen LogP contribution in [-0.2, 0) is 30.8 Å². The number of aliphatic hydroxyl groups excluding tert-OH is 1. The maximum Gasteiger partial charge on any atom is 0.259 e. The second kappa shape index (κ2) is 12.1. The normalized spacial score (nSPS) is 13.0. The van der Waals surface area contributed by atoms with Gasteiger partial charge in [0.2, 0.25) is 5.95 Å². The molecule has 186 valence electrons. The summed E-state index contributed by atoms with van der Waals surface area (Å²) in [5, 5.41) is 18.9. The second-order valence-corrected chi connectivity index (χ2v) is 9.66. The summed E-state index contributed by atoms with van der Waals surface area (Å²) in [7, 11) is 0. The number of thiophene rings is 1. The van der Waals surface area contributed by atoms with E-state index in [0.29, 0.717) is 41.0 Å². The van der Waals surface area contributed by atoms with Crippen molar-refractivity contribution < 1.29 is 13.9 Å². The van der Waals surface area contributed by atoms with Gasteiger partial charge in [-0.2, -0.15) is 9.97 Å². The first-order valence-electron chi connectivity index (χ1n) is 11.4. The minimum atomic E-state index is -2.07. The van der Waals surface area contributed by atoms with Crippen molar-refractivity contribution >= 4 is 50.5 Å². The van der Waals surface area contributed by atoms with Crippen molar-refractivity contribution in [3.63, 3.8) is 0 Å². The summed E-state index contributed by atoms with van der Waals surface area (Å²) < 4.78 is 24.4. The molecular formula is C23H29N7O3S2. The van der Waals surface area contributed by atoms with Crippen molar-refractivity contribution in [2.75, 3.05) is 22.0 Å². The largest absolute Gasteiger partial charge is 0.394 e. The maximum absolute atomic E-state index is 10.9. The van der Waals surface area contributed by atoms with E-state index in [1.54, 1.807) is 6.33 Å². The minimum absolute atomic E-state index is 0.00864. The Bertz CT molecular complexity index is 1260. The molecule has 0 aliphatic heterocycles. The van der Waals surface area contributed by atoms with Crippen LogP contribution >= 0.6 is 11.3 Å². The van der Waals surface area contributed by atoms with Crippen LogP contribution < -0.4 is 15.4 Å². The van der Waals surface area contributed by atoms with Gasteiger partial charge in [0.1, 0.15) is 5.00 Å². The van der Waals surface area contributed by atoms with E-state index in [0.717, 1.165) is 30.4 Å². The Balaban J connectivity index is 1.52. The highest BCUT2D eigenvalue weighted by molar-refractivity contribution is 7.80. The zero-order valence-corrected chi connectivity index (χ0v) is 21.0. The Kier molecular flexibility index (Phi) is 8.64. The van der Waals surface area contributed by atoms with Gasteiger partial charge in [0.15, 0.2) is 17.0 Å². The van der Waals surface area contributed by atoms with Crippen LogP contribution in [0.2, 0.25) is 0 Å². The van der Waals surface area contributed by atoms with Crippen molar-refractivity contribution in [2.24, 2.45) is 0 Å². The zero-order valence-electron chi connectivity index (χ0n) is 19.3. The van der Waals surface area contributed by atoms with E-state index in [2.05, 4.69) is 25.3 Å². The van der Waals surface area contributed by atoms with Crippen LogP contribution in [0.4, 0.5) is 16.8 Å². The number of imidazole rings is 1. The Hall–Kier alpha value is -3.06. The Labute approximate surface area is 210 Å². The summed E-state index contributed by atoms with van der Waals surface area (Å²) in [5.74, 6) is 1.08. The lowest BCUT2D eigenvalue weighted by molar-refractivity contribution is 0.271. The van der Waals surface area contributed by atoms with Crippen LogP contribution in [0.15, 0.2) is 48.1 Å². The third kappa shape index (κ3) is 6.75. The van der Waals surface area contributed by atoms with Crippen molar-refractivity contribution in [2.45, 2.75) is 45.3 Å². The van der Waals surface area contributed by atoms with Crippen LogP contribution in [0.5, 0.6) is 0 Å². The lowest BCUT2D eigenvalue weighted by Gasteiger charge is -2.15.